The van der Waals surface area contributed by atoms with E-state index in [4.69, 9.17) is 10.5 Å². The summed E-state index contributed by atoms with van der Waals surface area (Å²) in [6.45, 7) is 0.0597. The van der Waals surface area contributed by atoms with Crippen LogP contribution in [0, 0.1) is 0 Å². The number of nitrogens with one attached hydrogen (secondary N) is 3. The summed E-state index contributed by atoms with van der Waals surface area (Å²) in [5.41, 5.74) is 5.55. The normalized spacial score (nSPS) is 13.3. The Kier molecular flexibility index (Phi) is 7.11. The molecule has 1 aliphatic rings. The zero-order valence-corrected chi connectivity index (χ0v) is 18.2. The third kappa shape index (κ3) is 5.83. The molecule has 3 rings (SSSR count). The summed E-state index contributed by atoms with van der Waals surface area (Å²) < 4.78 is 33.1. The Morgan fingerprint density at radius 3 is 2.47 bits per heavy atom. The number of rotatable bonds is 10. The van der Waals surface area contributed by atoms with Crippen LogP contribution < -0.4 is 25.8 Å². The molecule has 0 atom stereocenters. The van der Waals surface area contributed by atoms with E-state index in [9.17, 15) is 22.8 Å². The summed E-state index contributed by atoms with van der Waals surface area (Å²) in [6.07, 6.45) is 1.51. The molecule has 2 aromatic carbocycles. The van der Waals surface area contributed by atoms with Gasteiger partial charge in [-0.25, -0.2) is 13.1 Å². The van der Waals surface area contributed by atoms with Crippen molar-refractivity contribution in [1.29, 1.82) is 0 Å². The number of benzene rings is 2. The second-order valence-electron chi connectivity index (χ2n) is 7.23. The molecule has 0 saturated heterocycles. The van der Waals surface area contributed by atoms with Crippen molar-refractivity contribution in [2.75, 3.05) is 19.0 Å². The number of primary amides is 1. The Hall–Kier alpha value is -3.44. The highest BCUT2D eigenvalue weighted by molar-refractivity contribution is 7.89. The summed E-state index contributed by atoms with van der Waals surface area (Å²) in [4.78, 5) is 36.0. The smallest absolute Gasteiger partial charge is 0.255 e. The molecule has 10 nitrogen and oxygen atoms in total. The van der Waals surface area contributed by atoms with Crippen molar-refractivity contribution in [2.45, 2.75) is 30.2 Å². The summed E-state index contributed by atoms with van der Waals surface area (Å²) >= 11 is 0. The van der Waals surface area contributed by atoms with Crippen LogP contribution in [0.25, 0.3) is 0 Å². The van der Waals surface area contributed by atoms with Crippen LogP contribution in [0.4, 0.5) is 5.69 Å². The zero-order valence-electron chi connectivity index (χ0n) is 17.4. The van der Waals surface area contributed by atoms with Crippen LogP contribution in [0.1, 0.15) is 40.0 Å². The monoisotopic (exact) mass is 460 g/mol. The third-order valence-electron chi connectivity index (χ3n) is 4.69. The number of nitrogens with two attached hydrogens (primary N) is 1. The highest BCUT2D eigenvalue weighted by Gasteiger charge is 2.30. The van der Waals surface area contributed by atoms with Gasteiger partial charge in [0.2, 0.25) is 15.9 Å². The molecule has 0 unspecified atom stereocenters. The molecule has 0 radical (unpaired) electrons. The van der Waals surface area contributed by atoms with Crippen LogP contribution in [0.3, 0.4) is 0 Å². The number of methoxy groups -OCH3 is 1. The standard InChI is InChI=1S/C21H24N4O6S/c1-31-17-9-6-13(12-18(17)32(29,30)25-14-7-8-14)20(27)24-16-5-3-2-4-15(16)21(28)23-11-10-19(22)26/h2-6,9,12,14,25H,7-8,10-11H2,1H3,(H2,22,26)(H,23,28)(H,24,27). The number of ether oxygens (including phenoxy) is 1. The second kappa shape index (κ2) is 9.79. The van der Waals surface area contributed by atoms with E-state index in [1.807, 2.05) is 0 Å². The Labute approximate surface area is 185 Å². The van der Waals surface area contributed by atoms with Crippen LogP contribution >= 0.6 is 0 Å². The maximum atomic E-state index is 12.8. The fourth-order valence-corrected chi connectivity index (χ4v) is 4.39. The fraction of sp³-hybridized carbons (Fsp3) is 0.286. The maximum Gasteiger partial charge on any atom is 0.255 e. The number of hydrogen-bond acceptors (Lipinski definition) is 6. The van der Waals surface area contributed by atoms with Crippen molar-refractivity contribution in [3.8, 4) is 5.75 Å². The third-order valence-corrected chi connectivity index (χ3v) is 6.23. The van der Waals surface area contributed by atoms with E-state index >= 15 is 0 Å². The van der Waals surface area contributed by atoms with Gasteiger partial charge in [0.25, 0.3) is 11.8 Å². The SMILES string of the molecule is COc1ccc(C(=O)Nc2ccccc2C(=O)NCCC(N)=O)cc1S(=O)(=O)NC1CC1. The maximum absolute atomic E-state index is 12.8. The molecule has 0 spiro atoms. The largest absolute Gasteiger partial charge is 0.495 e. The van der Waals surface area contributed by atoms with Gasteiger partial charge in [0.05, 0.1) is 18.4 Å². The summed E-state index contributed by atoms with van der Waals surface area (Å²) in [6, 6.07) is 10.3. The highest BCUT2D eigenvalue weighted by Crippen LogP contribution is 2.28. The first-order chi connectivity index (χ1) is 15.2. The van der Waals surface area contributed by atoms with Crippen LogP contribution in [-0.4, -0.2) is 45.8 Å². The van der Waals surface area contributed by atoms with Gasteiger partial charge in [-0.3, -0.25) is 14.4 Å². The van der Waals surface area contributed by atoms with Gasteiger partial charge in [-0.05, 0) is 43.2 Å². The molecule has 0 aliphatic heterocycles. The minimum Gasteiger partial charge on any atom is -0.495 e. The van der Waals surface area contributed by atoms with E-state index in [-0.39, 0.29) is 46.5 Å². The molecule has 170 valence electrons. The van der Waals surface area contributed by atoms with Crippen molar-refractivity contribution < 1.29 is 27.5 Å². The summed E-state index contributed by atoms with van der Waals surface area (Å²) in [7, 11) is -2.52. The zero-order chi connectivity index (χ0) is 23.3. The Morgan fingerprint density at radius 1 is 1.09 bits per heavy atom. The van der Waals surface area contributed by atoms with Gasteiger partial charge in [-0.2, -0.15) is 0 Å². The number of para-hydroxylation sites is 1. The lowest BCUT2D eigenvalue weighted by atomic mass is 10.1. The van der Waals surface area contributed by atoms with E-state index < -0.39 is 27.7 Å². The molecular weight excluding hydrogens is 436 g/mol. The number of hydrogen-bond donors (Lipinski definition) is 4. The van der Waals surface area contributed by atoms with Crippen LogP contribution in [0.15, 0.2) is 47.4 Å². The lowest BCUT2D eigenvalue weighted by molar-refractivity contribution is -0.117. The summed E-state index contributed by atoms with van der Waals surface area (Å²) in [5.74, 6) is -1.53. The predicted molar refractivity (Wildman–Crippen MR) is 117 cm³/mol. The van der Waals surface area contributed by atoms with Crippen molar-refractivity contribution in [3.05, 3.63) is 53.6 Å². The molecule has 1 saturated carbocycles. The first-order valence-corrected chi connectivity index (χ1v) is 11.4. The number of amides is 3. The van der Waals surface area contributed by atoms with Gasteiger partial charge in [0.15, 0.2) is 0 Å². The van der Waals surface area contributed by atoms with E-state index in [0.717, 1.165) is 12.8 Å². The molecule has 3 amide bonds. The Bertz CT molecular complexity index is 1140. The number of carbonyl (C=O) groups is 3. The fourth-order valence-electron chi connectivity index (χ4n) is 2.89. The predicted octanol–water partition coefficient (Wildman–Crippen LogP) is 0.993. The van der Waals surface area contributed by atoms with Gasteiger partial charge < -0.3 is 21.1 Å². The second-order valence-corrected chi connectivity index (χ2v) is 8.92. The van der Waals surface area contributed by atoms with Crippen molar-refractivity contribution >= 4 is 33.4 Å². The number of anilines is 1. The van der Waals surface area contributed by atoms with Gasteiger partial charge in [0, 0.05) is 24.6 Å². The van der Waals surface area contributed by atoms with Gasteiger partial charge >= 0.3 is 0 Å². The van der Waals surface area contributed by atoms with Gasteiger partial charge in [-0.1, -0.05) is 12.1 Å². The molecule has 0 aromatic heterocycles. The van der Waals surface area contributed by atoms with E-state index in [1.54, 1.807) is 12.1 Å². The minimum absolute atomic E-state index is 0.0156. The van der Waals surface area contributed by atoms with Crippen LogP contribution in [0.5, 0.6) is 5.75 Å². The average Bonchev–Trinajstić information content (AvgIpc) is 3.56. The lowest BCUT2D eigenvalue weighted by Gasteiger charge is -2.14. The molecule has 5 N–H and O–H groups in total. The molecular formula is C21H24N4O6S. The van der Waals surface area contributed by atoms with Crippen molar-refractivity contribution in [2.24, 2.45) is 5.73 Å². The topological polar surface area (TPSA) is 157 Å². The van der Waals surface area contributed by atoms with Gasteiger partial charge in [0.1, 0.15) is 10.6 Å². The van der Waals surface area contributed by atoms with Crippen LogP contribution in [0.2, 0.25) is 0 Å². The van der Waals surface area contributed by atoms with Gasteiger partial charge in [-0.15, -0.1) is 0 Å². The Balaban J connectivity index is 1.81. The van der Waals surface area contributed by atoms with E-state index in [0.29, 0.717) is 0 Å². The number of carbonyl (C=O) groups excluding carboxylic acids is 3. The van der Waals surface area contributed by atoms with E-state index in [2.05, 4.69) is 15.4 Å². The first kappa shape index (κ1) is 23.2. The van der Waals surface area contributed by atoms with Crippen molar-refractivity contribution in [3.63, 3.8) is 0 Å². The quantitative estimate of drug-likeness (QED) is 0.414. The molecule has 11 heteroatoms. The number of sulfonamides is 1. The van der Waals surface area contributed by atoms with Crippen molar-refractivity contribution in [1.82, 2.24) is 10.0 Å². The van der Waals surface area contributed by atoms with Crippen LogP contribution in [-0.2, 0) is 14.8 Å². The molecule has 1 aliphatic carbocycles. The Morgan fingerprint density at radius 2 is 1.81 bits per heavy atom. The minimum atomic E-state index is -3.86. The first-order valence-electron chi connectivity index (χ1n) is 9.88. The summed E-state index contributed by atoms with van der Waals surface area (Å²) in [5, 5.41) is 5.19. The molecule has 2 aromatic rings. The molecule has 1 fully saturated rings. The molecule has 32 heavy (non-hydrogen) atoms. The highest BCUT2D eigenvalue weighted by atomic mass is 32.2. The van der Waals surface area contributed by atoms with E-state index in [1.165, 1.54) is 37.4 Å². The lowest BCUT2D eigenvalue weighted by Crippen LogP contribution is -2.29. The molecule has 0 bridgehead atoms. The average molecular weight is 461 g/mol. The molecule has 0 heterocycles.